The van der Waals surface area contributed by atoms with E-state index in [1.165, 1.54) is 16.7 Å². The summed E-state index contributed by atoms with van der Waals surface area (Å²) in [6.45, 7) is 7.82. The first-order chi connectivity index (χ1) is 7.09. The van der Waals surface area contributed by atoms with Gasteiger partial charge in [0.15, 0.2) is 0 Å². The van der Waals surface area contributed by atoms with Gasteiger partial charge in [0.2, 0.25) is 0 Å². The SMILES string of the molecule is Cc1ccc(CNCC[C@@H](C)O)c(C)c1. The molecule has 2 nitrogen and oxygen atoms in total. The molecule has 15 heavy (non-hydrogen) atoms. The van der Waals surface area contributed by atoms with E-state index >= 15 is 0 Å². The molecule has 1 atom stereocenters. The molecule has 0 bridgehead atoms. The van der Waals surface area contributed by atoms with Crippen LogP contribution in [0, 0.1) is 13.8 Å². The van der Waals surface area contributed by atoms with Gasteiger partial charge in [-0.25, -0.2) is 0 Å². The highest BCUT2D eigenvalue weighted by Crippen LogP contribution is 2.09. The average Bonchev–Trinajstić information content (AvgIpc) is 2.14. The molecule has 0 unspecified atom stereocenters. The largest absolute Gasteiger partial charge is 0.393 e. The summed E-state index contributed by atoms with van der Waals surface area (Å²) in [7, 11) is 0. The molecular formula is C13H21NO. The van der Waals surface area contributed by atoms with Gasteiger partial charge < -0.3 is 10.4 Å². The Morgan fingerprint density at radius 1 is 1.33 bits per heavy atom. The zero-order valence-corrected chi connectivity index (χ0v) is 9.88. The fourth-order valence-corrected chi connectivity index (χ4v) is 1.58. The van der Waals surface area contributed by atoms with Gasteiger partial charge >= 0.3 is 0 Å². The van der Waals surface area contributed by atoms with Crippen molar-refractivity contribution in [3.8, 4) is 0 Å². The molecule has 1 aromatic carbocycles. The van der Waals surface area contributed by atoms with Crippen molar-refractivity contribution < 1.29 is 5.11 Å². The second-order valence-electron chi connectivity index (χ2n) is 4.24. The topological polar surface area (TPSA) is 32.3 Å². The van der Waals surface area contributed by atoms with Crippen LogP contribution in [0.4, 0.5) is 0 Å². The molecule has 0 saturated heterocycles. The maximum Gasteiger partial charge on any atom is 0.0524 e. The van der Waals surface area contributed by atoms with Crippen molar-refractivity contribution in [3.05, 3.63) is 34.9 Å². The van der Waals surface area contributed by atoms with Gasteiger partial charge in [-0.1, -0.05) is 23.8 Å². The lowest BCUT2D eigenvalue weighted by Gasteiger charge is -2.09. The van der Waals surface area contributed by atoms with Crippen LogP contribution in [0.15, 0.2) is 18.2 Å². The third-order valence-corrected chi connectivity index (χ3v) is 2.55. The minimum atomic E-state index is -0.211. The highest BCUT2D eigenvalue weighted by Gasteiger charge is 1.99. The van der Waals surface area contributed by atoms with E-state index in [9.17, 15) is 0 Å². The number of hydrogen-bond donors (Lipinski definition) is 2. The molecule has 1 rings (SSSR count). The van der Waals surface area contributed by atoms with Crippen LogP contribution in [-0.2, 0) is 6.54 Å². The van der Waals surface area contributed by atoms with E-state index in [1.807, 2.05) is 6.92 Å². The molecule has 0 aliphatic heterocycles. The number of aliphatic hydroxyl groups is 1. The second-order valence-corrected chi connectivity index (χ2v) is 4.24. The quantitative estimate of drug-likeness (QED) is 0.725. The van der Waals surface area contributed by atoms with Crippen LogP contribution in [0.5, 0.6) is 0 Å². The number of nitrogens with one attached hydrogen (secondary N) is 1. The Morgan fingerprint density at radius 2 is 2.07 bits per heavy atom. The van der Waals surface area contributed by atoms with Gasteiger partial charge in [-0.05, 0) is 44.9 Å². The first-order valence-electron chi connectivity index (χ1n) is 5.54. The number of hydrogen-bond acceptors (Lipinski definition) is 2. The summed E-state index contributed by atoms with van der Waals surface area (Å²) < 4.78 is 0. The summed E-state index contributed by atoms with van der Waals surface area (Å²) in [4.78, 5) is 0. The van der Waals surface area contributed by atoms with Crippen molar-refractivity contribution >= 4 is 0 Å². The fraction of sp³-hybridized carbons (Fsp3) is 0.538. The van der Waals surface area contributed by atoms with Crippen molar-refractivity contribution in [1.82, 2.24) is 5.32 Å². The van der Waals surface area contributed by atoms with Crippen LogP contribution < -0.4 is 5.32 Å². The highest BCUT2D eigenvalue weighted by atomic mass is 16.3. The summed E-state index contributed by atoms with van der Waals surface area (Å²) in [6, 6.07) is 6.50. The summed E-state index contributed by atoms with van der Waals surface area (Å²) in [6.07, 6.45) is 0.599. The van der Waals surface area contributed by atoms with Crippen LogP contribution in [0.2, 0.25) is 0 Å². The Kier molecular flexibility index (Phi) is 4.79. The van der Waals surface area contributed by atoms with Gasteiger partial charge in [-0.3, -0.25) is 0 Å². The number of rotatable bonds is 5. The predicted molar refractivity (Wildman–Crippen MR) is 63.9 cm³/mol. The third-order valence-electron chi connectivity index (χ3n) is 2.55. The van der Waals surface area contributed by atoms with E-state index in [-0.39, 0.29) is 6.10 Å². The molecule has 84 valence electrons. The molecule has 0 heterocycles. The Balaban J connectivity index is 2.37. The maximum absolute atomic E-state index is 9.10. The predicted octanol–water partition coefficient (Wildman–Crippen LogP) is 2.16. The molecular weight excluding hydrogens is 186 g/mol. The highest BCUT2D eigenvalue weighted by molar-refractivity contribution is 5.30. The van der Waals surface area contributed by atoms with E-state index in [1.54, 1.807) is 0 Å². The van der Waals surface area contributed by atoms with Crippen LogP contribution in [0.1, 0.15) is 30.0 Å². The first kappa shape index (κ1) is 12.2. The molecule has 0 aliphatic carbocycles. The van der Waals surface area contributed by atoms with Gasteiger partial charge in [-0.2, -0.15) is 0 Å². The lowest BCUT2D eigenvalue weighted by molar-refractivity contribution is 0.183. The minimum absolute atomic E-state index is 0.211. The van der Waals surface area contributed by atoms with E-state index in [2.05, 4.69) is 37.4 Å². The van der Waals surface area contributed by atoms with Crippen molar-refractivity contribution in [2.75, 3.05) is 6.54 Å². The lowest BCUT2D eigenvalue weighted by atomic mass is 10.1. The molecule has 1 aromatic rings. The van der Waals surface area contributed by atoms with Gasteiger partial charge in [-0.15, -0.1) is 0 Å². The van der Waals surface area contributed by atoms with Gasteiger partial charge in [0.25, 0.3) is 0 Å². The monoisotopic (exact) mass is 207 g/mol. The molecule has 0 fully saturated rings. The molecule has 0 saturated carbocycles. The van der Waals surface area contributed by atoms with Crippen LogP contribution in [0.25, 0.3) is 0 Å². The summed E-state index contributed by atoms with van der Waals surface area (Å²) >= 11 is 0. The van der Waals surface area contributed by atoms with Crippen LogP contribution in [-0.4, -0.2) is 17.8 Å². The minimum Gasteiger partial charge on any atom is -0.393 e. The van der Waals surface area contributed by atoms with Gasteiger partial charge in [0, 0.05) is 6.54 Å². The Labute approximate surface area is 92.3 Å². The molecule has 0 aromatic heterocycles. The zero-order chi connectivity index (χ0) is 11.3. The normalized spacial score (nSPS) is 12.8. The summed E-state index contributed by atoms with van der Waals surface area (Å²) in [5.41, 5.74) is 3.98. The Morgan fingerprint density at radius 3 is 2.67 bits per heavy atom. The maximum atomic E-state index is 9.10. The smallest absolute Gasteiger partial charge is 0.0524 e. The Hall–Kier alpha value is -0.860. The third kappa shape index (κ3) is 4.45. The number of aryl methyl sites for hydroxylation is 2. The average molecular weight is 207 g/mol. The summed E-state index contributed by atoms with van der Waals surface area (Å²) in [5.74, 6) is 0. The first-order valence-corrected chi connectivity index (χ1v) is 5.54. The van der Waals surface area contributed by atoms with E-state index in [4.69, 9.17) is 5.11 Å². The second kappa shape index (κ2) is 5.89. The van der Waals surface area contributed by atoms with E-state index in [0.29, 0.717) is 0 Å². The molecule has 0 amide bonds. The molecule has 0 aliphatic rings. The molecule has 0 spiro atoms. The molecule has 0 radical (unpaired) electrons. The molecule has 2 N–H and O–H groups in total. The van der Waals surface area contributed by atoms with Gasteiger partial charge in [0.1, 0.15) is 0 Å². The van der Waals surface area contributed by atoms with Crippen molar-refractivity contribution in [3.63, 3.8) is 0 Å². The Bertz CT molecular complexity index is 307. The van der Waals surface area contributed by atoms with Crippen LogP contribution >= 0.6 is 0 Å². The van der Waals surface area contributed by atoms with E-state index in [0.717, 1.165) is 19.5 Å². The summed E-state index contributed by atoms with van der Waals surface area (Å²) in [5, 5.41) is 12.4. The van der Waals surface area contributed by atoms with Crippen LogP contribution in [0.3, 0.4) is 0 Å². The zero-order valence-electron chi connectivity index (χ0n) is 9.88. The standard InChI is InChI=1S/C13H21NO/c1-10-4-5-13(11(2)8-10)9-14-7-6-12(3)15/h4-5,8,12,14-15H,6-7,9H2,1-3H3/t12-/m1/s1. The van der Waals surface area contributed by atoms with Crippen molar-refractivity contribution in [2.24, 2.45) is 0 Å². The van der Waals surface area contributed by atoms with E-state index < -0.39 is 0 Å². The fourth-order valence-electron chi connectivity index (χ4n) is 1.58. The molecule has 2 heteroatoms. The number of benzene rings is 1. The van der Waals surface area contributed by atoms with Crippen molar-refractivity contribution in [2.45, 2.75) is 39.8 Å². The number of aliphatic hydroxyl groups excluding tert-OH is 1. The van der Waals surface area contributed by atoms with Gasteiger partial charge in [0.05, 0.1) is 6.10 Å². The lowest BCUT2D eigenvalue weighted by Crippen LogP contribution is -2.19. The van der Waals surface area contributed by atoms with Crippen molar-refractivity contribution in [1.29, 1.82) is 0 Å².